The summed E-state index contributed by atoms with van der Waals surface area (Å²) < 4.78 is 9.28. The summed E-state index contributed by atoms with van der Waals surface area (Å²) in [5.41, 5.74) is 2.34. The zero-order valence-electron chi connectivity index (χ0n) is 29.6. The number of ether oxygens (including phenoxy) is 2. The fourth-order valence-electron chi connectivity index (χ4n) is 5.15. The maximum Gasteiger partial charge on any atom is 0.407 e. The van der Waals surface area contributed by atoms with Crippen molar-refractivity contribution in [3.8, 4) is 11.3 Å². The Morgan fingerprint density at radius 2 is 1.29 bits per heavy atom. The molecule has 3 rings (SSSR count). The van der Waals surface area contributed by atoms with Crippen LogP contribution in [-0.4, -0.2) is 106 Å². The second-order valence-corrected chi connectivity index (χ2v) is 13.1. The summed E-state index contributed by atoms with van der Waals surface area (Å²) in [6.07, 6.45) is -1.44. The molecule has 1 aromatic heterocycles. The quantitative estimate of drug-likeness (QED) is 0.106. The van der Waals surface area contributed by atoms with Crippen LogP contribution in [0.2, 0.25) is 0 Å². The zero-order chi connectivity index (χ0) is 37.8. The molecule has 15 heteroatoms. The lowest BCUT2D eigenvalue weighted by molar-refractivity contribution is -0.135. The number of aliphatic hydroxyl groups excluding tert-OH is 1. The van der Waals surface area contributed by atoms with Gasteiger partial charge in [0.05, 0.1) is 43.3 Å². The summed E-state index contributed by atoms with van der Waals surface area (Å²) >= 11 is 0. The minimum absolute atomic E-state index is 0.0459. The van der Waals surface area contributed by atoms with E-state index >= 15 is 0 Å². The molecule has 0 saturated carbocycles. The first-order valence-corrected chi connectivity index (χ1v) is 16.2. The van der Waals surface area contributed by atoms with E-state index in [9.17, 15) is 34.5 Å². The Hall–Kier alpha value is -5.09. The van der Waals surface area contributed by atoms with Crippen molar-refractivity contribution in [1.29, 1.82) is 0 Å². The second-order valence-electron chi connectivity index (χ2n) is 13.1. The number of aromatic nitrogens is 1. The van der Waals surface area contributed by atoms with Gasteiger partial charge in [0.15, 0.2) is 0 Å². The SMILES string of the molecule is COC(=O)NC(C(=O)NC(Cc1ccccc1)C(O)CN(Cc1ccc(-c2ccccn2)cc1)NC(=O)C(NC(=O)OC)C(C)(C)O)C(C)(C)O. The molecule has 0 aliphatic heterocycles. The molecule has 0 radical (unpaired) electrons. The van der Waals surface area contributed by atoms with Gasteiger partial charge in [-0.25, -0.2) is 14.6 Å². The Morgan fingerprint density at radius 3 is 1.80 bits per heavy atom. The molecule has 4 unspecified atom stereocenters. The van der Waals surface area contributed by atoms with Crippen LogP contribution in [-0.2, 0) is 32.0 Å². The maximum atomic E-state index is 13.6. The molecule has 0 spiro atoms. The van der Waals surface area contributed by atoms with Gasteiger partial charge in [-0.05, 0) is 57.4 Å². The highest BCUT2D eigenvalue weighted by Gasteiger charge is 2.39. The fourth-order valence-corrected chi connectivity index (χ4v) is 5.15. The van der Waals surface area contributed by atoms with Gasteiger partial charge < -0.3 is 40.7 Å². The highest BCUT2D eigenvalue weighted by Crippen LogP contribution is 2.19. The van der Waals surface area contributed by atoms with E-state index in [0.717, 1.165) is 36.6 Å². The molecular formula is C36H48N6O9. The summed E-state index contributed by atoms with van der Waals surface area (Å²) in [7, 11) is 2.24. The van der Waals surface area contributed by atoms with Gasteiger partial charge in [-0.15, -0.1) is 0 Å². The molecule has 0 aliphatic carbocycles. The molecule has 7 N–H and O–H groups in total. The first kappa shape index (κ1) is 40.3. The first-order chi connectivity index (χ1) is 24.0. The van der Waals surface area contributed by atoms with Crippen molar-refractivity contribution < 1.29 is 44.0 Å². The van der Waals surface area contributed by atoms with Crippen molar-refractivity contribution in [2.75, 3.05) is 20.8 Å². The number of nitrogens with one attached hydrogen (secondary N) is 4. The summed E-state index contributed by atoms with van der Waals surface area (Å²) in [4.78, 5) is 55.7. The topological polar surface area (TPSA) is 212 Å². The molecule has 4 amide bonds. The average molecular weight is 709 g/mol. The van der Waals surface area contributed by atoms with E-state index in [2.05, 4.69) is 35.8 Å². The first-order valence-electron chi connectivity index (χ1n) is 16.2. The number of aliphatic hydroxyl groups is 3. The Kier molecular flexibility index (Phi) is 14.4. The molecule has 0 aliphatic rings. The molecule has 0 saturated heterocycles. The number of methoxy groups -OCH3 is 2. The van der Waals surface area contributed by atoms with Gasteiger partial charge in [-0.2, -0.15) is 0 Å². The fraction of sp³-hybridized carbons (Fsp3) is 0.417. The lowest BCUT2D eigenvalue weighted by Gasteiger charge is -2.35. The Morgan fingerprint density at radius 1 is 0.745 bits per heavy atom. The Bertz CT molecular complexity index is 1580. The lowest BCUT2D eigenvalue weighted by Crippen LogP contribution is -2.63. The van der Waals surface area contributed by atoms with E-state index in [-0.39, 0.29) is 19.5 Å². The van der Waals surface area contributed by atoms with Crippen LogP contribution in [0.5, 0.6) is 0 Å². The normalized spacial score (nSPS) is 14.0. The third-order valence-electron chi connectivity index (χ3n) is 7.89. The smallest absolute Gasteiger partial charge is 0.407 e. The van der Waals surface area contributed by atoms with Crippen molar-refractivity contribution >= 4 is 24.0 Å². The standard InChI is InChI=1S/C36H48N6O9/c1-35(2,48)29(39-33(46)50-5)31(44)38-27(20-23-12-8-7-9-13-23)28(43)22-42(41-32(45)30(36(3,4)49)40-34(47)51-6)21-24-15-17-25(18-16-24)26-14-10-11-19-37-26/h7-19,27-30,43,48-49H,20-22H2,1-6H3,(H,38,44)(H,39,46)(H,40,47)(H,41,45). The number of carbonyl (C=O) groups excluding carboxylic acids is 4. The molecule has 15 nitrogen and oxygen atoms in total. The minimum Gasteiger partial charge on any atom is -0.453 e. The monoisotopic (exact) mass is 708 g/mol. The molecule has 0 bridgehead atoms. The number of hydrazine groups is 1. The molecular weight excluding hydrogens is 660 g/mol. The lowest BCUT2D eigenvalue weighted by atomic mass is 9.96. The molecule has 2 aromatic carbocycles. The average Bonchev–Trinajstić information content (AvgIpc) is 3.08. The van der Waals surface area contributed by atoms with Gasteiger partial charge in [-0.1, -0.05) is 60.7 Å². The van der Waals surface area contributed by atoms with Gasteiger partial charge in [0.2, 0.25) is 5.91 Å². The third kappa shape index (κ3) is 12.6. The number of alkyl carbamates (subject to hydrolysis) is 2. The number of benzene rings is 2. The highest BCUT2D eigenvalue weighted by atomic mass is 16.5. The molecule has 276 valence electrons. The van der Waals surface area contributed by atoms with Crippen LogP contribution in [0, 0.1) is 0 Å². The third-order valence-corrected chi connectivity index (χ3v) is 7.89. The Labute approximate surface area is 297 Å². The summed E-state index contributed by atoms with van der Waals surface area (Å²) in [6, 6.07) is 18.0. The molecule has 3 aromatic rings. The maximum absolute atomic E-state index is 13.6. The van der Waals surface area contributed by atoms with Gasteiger partial charge >= 0.3 is 12.2 Å². The number of amides is 4. The zero-order valence-corrected chi connectivity index (χ0v) is 29.6. The number of hydrogen-bond donors (Lipinski definition) is 7. The molecule has 1 heterocycles. The van der Waals surface area contributed by atoms with Crippen LogP contribution in [0.3, 0.4) is 0 Å². The van der Waals surface area contributed by atoms with E-state index in [1.807, 2.05) is 48.5 Å². The Balaban J connectivity index is 1.96. The van der Waals surface area contributed by atoms with Crippen LogP contribution in [0.25, 0.3) is 11.3 Å². The van der Waals surface area contributed by atoms with Crippen molar-refractivity contribution in [3.63, 3.8) is 0 Å². The van der Waals surface area contributed by atoms with Crippen LogP contribution in [0.1, 0.15) is 38.8 Å². The van der Waals surface area contributed by atoms with Gasteiger partial charge in [0.1, 0.15) is 12.1 Å². The number of carbonyl (C=O) groups is 4. The second kappa shape index (κ2) is 18.2. The van der Waals surface area contributed by atoms with Gasteiger partial charge in [0, 0.05) is 24.8 Å². The van der Waals surface area contributed by atoms with Crippen molar-refractivity contribution in [2.45, 2.75) is 76.1 Å². The van der Waals surface area contributed by atoms with Crippen LogP contribution < -0.4 is 21.4 Å². The molecule has 4 atom stereocenters. The van der Waals surface area contributed by atoms with Crippen LogP contribution >= 0.6 is 0 Å². The molecule has 51 heavy (non-hydrogen) atoms. The minimum atomic E-state index is -1.73. The van der Waals surface area contributed by atoms with Crippen molar-refractivity contribution in [3.05, 3.63) is 90.1 Å². The summed E-state index contributed by atoms with van der Waals surface area (Å²) in [5, 5.41) is 42.0. The van der Waals surface area contributed by atoms with Crippen molar-refractivity contribution in [1.82, 2.24) is 31.4 Å². The predicted molar refractivity (Wildman–Crippen MR) is 188 cm³/mol. The summed E-state index contributed by atoms with van der Waals surface area (Å²) in [5.74, 6) is -1.60. The van der Waals surface area contributed by atoms with E-state index < -0.39 is 59.4 Å². The number of nitrogens with zero attached hydrogens (tertiary/aromatic N) is 2. The van der Waals surface area contributed by atoms with E-state index in [1.54, 1.807) is 30.5 Å². The van der Waals surface area contributed by atoms with Crippen LogP contribution in [0.15, 0.2) is 79.0 Å². The van der Waals surface area contributed by atoms with Crippen LogP contribution in [0.4, 0.5) is 9.59 Å². The van der Waals surface area contributed by atoms with E-state index in [4.69, 9.17) is 0 Å². The van der Waals surface area contributed by atoms with E-state index in [0.29, 0.717) is 0 Å². The number of pyridine rings is 1. The molecule has 0 fully saturated rings. The highest BCUT2D eigenvalue weighted by molar-refractivity contribution is 5.87. The van der Waals surface area contributed by atoms with E-state index in [1.165, 1.54) is 32.7 Å². The summed E-state index contributed by atoms with van der Waals surface area (Å²) in [6.45, 7) is 5.15. The van der Waals surface area contributed by atoms with Gasteiger partial charge in [0.25, 0.3) is 5.91 Å². The van der Waals surface area contributed by atoms with Crippen molar-refractivity contribution in [2.24, 2.45) is 0 Å². The number of hydrogen-bond acceptors (Lipinski definition) is 11. The predicted octanol–water partition coefficient (Wildman–Crippen LogP) is 1.66. The largest absolute Gasteiger partial charge is 0.453 e. The number of rotatable bonds is 16. The van der Waals surface area contributed by atoms with Gasteiger partial charge in [-0.3, -0.25) is 20.0 Å².